The van der Waals surface area contributed by atoms with Gasteiger partial charge in [-0.2, -0.15) is 0 Å². The zero-order valence-electron chi connectivity index (χ0n) is 64.8. The summed E-state index contributed by atoms with van der Waals surface area (Å²) in [7, 11) is -9.92. The lowest BCUT2D eigenvalue weighted by Gasteiger charge is -2.21. The molecule has 3 N–H and O–H groups in total. The van der Waals surface area contributed by atoms with Crippen LogP contribution in [0.1, 0.15) is 420 Å². The van der Waals surface area contributed by atoms with Crippen molar-refractivity contribution in [3.05, 3.63) is 0 Å². The second-order valence-electron chi connectivity index (χ2n) is 29.5. The molecule has 6 atom stereocenters. The van der Waals surface area contributed by atoms with Crippen LogP contribution in [-0.4, -0.2) is 96.7 Å². The highest BCUT2D eigenvalue weighted by Gasteiger charge is 2.30. The summed E-state index contributed by atoms with van der Waals surface area (Å²) in [6.45, 7) is 9.66. The Balaban J connectivity index is 5.22. The standard InChI is InChI=1S/C80H156O17P2/c1-7-10-12-14-16-18-19-20-21-22-23-24-25-30-33-40-46-52-58-64-79(84)96-76(69-91-78(83)63-57-51-45-39-32-29-27-26-28-31-38-43-49-55-61-73(6)9-3)71-95-99(88,89)93-67-74(81)66-92-98(86,87)94-70-75(68-90-77(82)62-56-50-44-36-17-15-13-11-8-2)97-80(85)65-59-53-47-41-35-34-37-42-48-54-60-72(4)5/h72-76,81H,7-71H2,1-6H3,(H,86,87)(H,88,89)/t73?,74-,75+,76+/m0/s1. The summed E-state index contributed by atoms with van der Waals surface area (Å²) < 4.78 is 68.6. The molecule has 0 aromatic carbocycles. The smallest absolute Gasteiger partial charge is 0.462 e. The van der Waals surface area contributed by atoms with E-state index in [9.17, 15) is 43.2 Å². The van der Waals surface area contributed by atoms with Crippen LogP contribution in [0.4, 0.5) is 0 Å². The number of hydrogen-bond acceptors (Lipinski definition) is 15. The summed E-state index contributed by atoms with van der Waals surface area (Å²) in [5.41, 5.74) is 0. The van der Waals surface area contributed by atoms with Crippen molar-refractivity contribution in [2.45, 2.75) is 439 Å². The second kappa shape index (κ2) is 71.7. The number of aliphatic hydroxyl groups excluding tert-OH is 1. The summed E-state index contributed by atoms with van der Waals surface area (Å²) in [5, 5.41) is 10.6. The molecular weight excluding hydrogens is 1290 g/mol. The highest BCUT2D eigenvalue weighted by Crippen LogP contribution is 2.45. The molecule has 3 unspecified atom stereocenters. The molecule has 0 amide bonds. The normalized spacial score (nSPS) is 14.2. The number of esters is 4. The van der Waals surface area contributed by atoms with Gasteiger partial charge in [0.1, 0.15) is 19.3 Å². The van der Waals surface area contributed by atoms with Crippen molar-refractivity contribution < 1.29 is 80.2 Å². The molecule has 0 aliphatic carbocycles. The van der Waals surface area contributed by atoms with E-state index >= 15 is 0 Å². The monoisotopic (exact) mass is 1450 g/mol. The van der Waals surface area contributed by atoms with E-state index in [0.717, 1.165) is 102 Å². The predicted molar refractivity (Wildman–Crippen MR) is 405 cm³/mol. The van der Waals surface area contributed by atoms with Crippen LogP contribution in [0.15, 0.2) is 0 Å². The molecule has 19 heteroatoms. The number of carbonyl (C=O) groups excluding carboxylic acids is 4. The second-order valence-corrected chi connectivity index (χ2v) is 32.4. The Labute approximate surface area is 607 Å². The Hall–Kier alpha value is -1.94. The Morgan fingerprint density at radius 1 is 0.293 bits per heavy atom. The molecule has 0 spiro atoms. The van der Waals surface area contributed by atoms with E-state index < -0.39 is 97.5 Å². The van der Waals surface area contributed by atoms with Crippen LogP contribution in [0.2, 0.25) is 0 Å². The van der Waals surface area contributed by atoms with Gasteiger partial charge in [0.15, 0.2) is 12.2 Å². The first-order valence-electron chi connectivity index (χ1n) is 41.5. The Morgan fingerprint density at radius 3 is 0.768 bits per heavy atom. The molecule has 0 heterocycles. The largest absolute Gasteiger partial charge is 0.472 e. The number of aliphatic hydroxyl groups is 1. The third kappa shape index (κ3) is 72.8. The summed E-state index contributed by atoms with van der Waals surface area (Å²) in [4.78, 5) is 72.9. The molecule has 0 rings (SSSR count). The van der Waals surface area contributed by atoms with Gasteiger partial charge in [-0.15, -0.1) is 0 Å². The Bertz CT molecular complexity index is 1910. The van der Waals surface area contributed by atoms with E-state index in [1.165, 1.54) is 238 Å². The first kappa shape index (κ1) is 97.1. The van der Waals surface area contributed by atoms with Crippen molar-refractivity contribution in [1.82, 2.24) is 0 Å². The van der Waals surface area contributed by atoms with Gasteiger partial charge < -0.3 is 33.8 Å². The van der Waals surface area contributed by atoms with Gasteiger partial charge in [-0.25, -0.2) is 9.13 Å². The maximum atomic E-state index is 13.1. The van der Waals surface area contributed by atoms with E-state index in [4.69, 9.17) is 37.0 Å². The van der Waals surface area contributed by atoms with Crippen molar-refractivity contribution in [3.8, 4) is 0 Å². The highest BCUT2D eigenvalue weighted by molar-refractivity contribution is 7.47. The van der Waals surface area contributed by atoms with E-state index in [2.05, 4.69) is 41.5 Å². The van der Waals surface area contributed by atoms with Crippen LogP contribution in [-0.2, 0) is 65.4 Å². The SMILES string of the molecule is CCCCCCCCCCCCCCCCCCCCCC(=O)O[C@H](COC(=O)CCCCCCCCCCCCCCCCC(C)CC)COP(=O)(O)OC[C@@H](O)COP(=O)(O)OC[C@@H](COC(=O)CCCCCCCCCCC)OC(=O)CCCCCCCCCCCCC(C)C. The van der Waals surface area contributed by atoms with Crippen LogP contribution in [0.25, 0.3) is 0 Å². The number of carbonyl (C=O) groups is 4. The van der Waals surface area contributed by atoms with Crippen molar-refractivity contribution >= 4 is 39.5 Å². The molecule has 0 aromatic heterocycles. The summed E-state index contributed by atoms with van der Waals surface area (Å²) in [5.74, 6) is -0.509. The Kier molecular flexibility index (Phi) is 70.3. The quantitative estimate of drug-likeness (QED) is 0.0222. The van der Waals surface area contributed by atoms with Crippen LogP contribution < -0.4 is 0 Å². The molecule has 0 fully saturated rings. The minimum Gasteiger partial charge on any atom is -0.462 e. The third-order valence-corrected chi connectivity index (χ3v) is 21.0. The summed E-state index contributed by atoms with van der Waals surface area (Å²) >= 11 is 0. The molecule has 0 aliphatic heterocycles. The van der Waals surface area contributed by atoms with Gasteiger partial charge in [0.25, 0.3) is 0 Å². The van der Waals surface area contributed by atoms with Gasteiger partial charge in [-0.1, -0.05) is 369 Å². The van der Waals surface area contributed by atoms with E-state index in [1.807, 2.05) is 0 Å². The van der Waals surface area contributed by atoms with E-state index in [1.54, 1.807) is 0 Å². The molecule has 0 aromatic rings. The average molecular weight is 1450 g/mol. The van der Waals surface area contributed by atoms with Gasteiger partial charge in [-0.3, -0.25) is 37.3 Å². The van der Waals surface area contributed by atoms with Crippen molar-refractivity contribution in [2.75, 3.05) is 39.6 Å². The molecule has 0 bridgehead atoms. The number of rotatable bonds is 79. The van der Waals surface area contributed by atoms with Gasteiger partial charge in [0.05, 0.1) is 26.4 Å². The van der Waals surface area contributed by atoms with Crippen LogP contribution >= 0.6 is 15.6 Å². The molecule has 588 valence electrons. The molecule has 99 heavy (non-hydrogen) atoms. The molecule has 17 nitrogen and oxygen atoms in total. The topological polar surface area (TPSA) is 237 Å². The van der Waals surface area contributed by atoms with Gasteiger partial charge in [0, 0.05) is 25.7 Å². The first-order chi connectivity index (χ1) is 47.9. The number of phosphoric acid groups is 2. The van der Waals surface area contributed by atoms with Crippen LogP contribution in [0.3, 0.4) is 0 Å². The predicted octanol–water partition coefficient (Wildman–Crippen LogP) is 23.9. The molecule has 0 aliphatic rings. The zero-order chi connectivity index (χ0) is 72.8. The number of hydrogen-bond donors (Lipinski definition) is 3. The van der Waals surface area contributed by atoms with E-state index in [0.29, 0.717) is 25.7 Å². The lowest BCUT2D eigenvalue weighted by Crippen LogP contribution is -2.30. The van der Waals surface area contributed by atoms with Gasteiger partial charge in [0.2, 0.25) is 0 Å². The minimum absolute atomic E-state index is 0.106. The fraction of sp³-hybridized carbons (Fsp3) is 0.950. The van der Waals surface area contributed by atoms with Crippen molar-refractivity contribution in [3.63, 3.8) is 0 Å². The lowest BCUT2D eigenvalue weighted by atomic mass is 9.99. The van der Waals surface area contributed by atoms with Crippen LogP contribution in [0, 0.1) is 11.8 Å². The van der Waals surface area contributed by atoms with Crippen LogP contribution in [0.5, 0.6) is 0 Å². The minimum atomic E-state index is -4.96. The molecule has 0 saturated heterocycles. The summed E-state index contributed by atoms with van der Waals surface area (Å²) in [6, 6.07) is 0. The van der Waals surface area contributed by atoms with Crippen molar-refractivity contribution in [1.29, 1.82) is 0 Å². The molecule has 0 radical (unpaired) electrons. The van der Waals surface area contributed by atoms with Crippen molar-refractivity contribution in [2.24, 2.45) is 11.8 Å². The lowest BCUT2D eigenvalue weighted by molar-refractivity contribution is -0.161. The maximum absolute atomic E-state index is 13.1. The Morgan fingerprint density at radius 2 is 0.515 bits per heavy atom. The number of phosphoric ester groups is 2. The fourth-order valence-corrected chi connectivity index (χ4v) is 13.9. The fourth-order valence-electron chi connectivity index (χ4n) is 12.3. The van der Waals surface area contributed by atoms with Gasteiger partial charge in [-0.05, 0) is 37.5 Å². The van der Waals surface area contributed by atoms with Gasteiger partial charge >= 0.3 is 39.5 Å². The van der Waals surface area contributed by atoms with E-state index in [-0.39, 0.29) is 25.7 Å². The molecule has 0 saturated carbocycles. The highest BCUT2D eigenvalue weighted by atomic mass is 31.2. The number of unbranched alkanes of at least 4 members (excludes halogenated alkanes) is 48. The summed E-state index contributed by atoms with van der Waals surface area (Å²) in [6.07, 6.45) is 61.0. The third-order valence-electron chi connectivity index (χ3n) is 19.1. The number of ether oxygens (including phenoxy) is 4. The molecular formula is C80H156O17P2. The zero-order valence-corrected chi connectivity index (χ0v) is 66.6. The first-order valence-corrected chi connectivity index (χ1v) is 44.5. The maximum Gasteiger partial charge on any atom is 0.472 e. The average Bonchev–Trinajstić information content (AvgIpc) is 0.991.